The molecule has 0 atom stereocenters. The summed E-state index contributed by atoms with van der Waals surface area (Å²) in [6, 6.07) is 7.48. The van der Waals surface area contributed by atoms with E-state index in [1.54, 1.807) is 6.07 Å². The van der Waals surface area contributed by atoms with E-state index in [1.807, 2.05) is 18.2 Å². The summed E-state index contributed by atoms with van der Waals surface area (Å²) in [6.07, 6.45) is 3.84. The Morgan fingerprint density at radius 2 is 1.79 bits per heavy atom. The van der Waals surface area contributed by atoms with E-state index in [1.165, 1.54) is 7.11 Å². The minimum absolute atomic E-state index is 0.315. The quantitative estimate of drug-likeness (QED) is 0.684. The van der Waals surface area contributed by atoms with Crippen LogP contribution in [0.25, 0.3) is 5.57 Å². The summed E-state index contributed by atoms with van der Waals surface area (Å²) >= 11 is 6.39. The van der Waals surface area contributed by atoms with Crippen LogP contribution in [0.4, 0.5) is 0 Å². The van der Waals surface area contributed by atoms with Gasteiger partial charge in [0.2, 0.25) is 0 Å². The van der Waals surface area contributed by atoms with Gasteiger partial charge in [0.15, 0.2) is 0 Å². The number of allylic oxidation sites excluding steroid dienone is 2. The van der Waals surface area contributed by atoms with Crippen molar-refractivity contribution in [2.75, 3.05) is 7.11 Å². The van der Waals surface area contributed by atoms with E-state index in [2.05, 4.69) is 13.8 Å². The molecule has 2 nitrogen and oxygen atoms in total. The van der Waals surface area contributed by atoms with Gasteiger partial charge in [-0.2, -0.15) is 0 Å². The highest BCUT2D eigenvalue weighted by molar-refractivity contribution is 6.32. The van der Waals surface area contributed by atoms with Gasteiger partial charge in [-0.15, -0.1) is 0 Å². The number of methoxy groups -OCH3 is 1. The second kappa shape index (κ2) is 8.00. The van der Waals surface area contributed by atoms with Crippen LogP contribution in [0.3, 0.4) is 0 Å². The maximum absolute atomic E-state index is 11.6. The van der Waals surface area contributed by atoms with Crippen LogP contribution in [0.5, 0.6) is 0 Å². The monoisotopic (exact) mass is 280 g/mol. The molecule has 104 valence electrons. The van der Waals surface area contributed by atoms with Crippen LogP contribution in [0.1, 0.15) is 55.5 Å². The van der Waals surface area contributed by atoms with Gasteiger partial charge in [0, 0.05) is 5.03 Å². The smallest absolute Gasteiger partial charge is 0.337 e. The number of benzene rings is 1. The molecule has 1 rings (SSSR count). The van der Waals surface area contributed by atoms with Crippen molar-refractivity contribution < 1.29 is 9.53 Å². The Kier molecular flexibility index (Phi) is 6.65. The molecule has 1 aromatic rings. The average Bonchev–Trinajstić information content (AvgIpc) is 2.44. The third-order valence-corrected chi connectivity index (χ3v) is 3.35. The molecule has 0 spiro atoms. The predicted octanol–water partition coefficient (Wildman–Crippen LogP) is 5.02. The third-order valence-electron chi connectivity index (χ3n) is 2.93. The van der Waals surface area contributed by atoms with Crippen LogP contribution in [-0.4, -0.2) is 13.1 Å². The van der Waals surface area contributed by atoms with Crippen LogP contribution in [0.2, 0.25) is 0 Å². The molecule has 3 heteroatoms. The zero-order valence-electron chi connectivity index (χ0n) is 11.8. The first-order valence-corrected chi connectivity index (χ1v) is 7.08. The van der Waals surface area contributed by atoms with Crippen molar-refractivity contribution in [1.29, 1.82) is 0 Å². The number of rotatable bonds is 6. The highest BCUT2D eigenvalue weighted by Gasteiger charge is 2.10. The van der Waals surface area contributed by atoms with Crippen molar-refractivity contribution in [2.24, 2.45) is 0 Å². The average molecular weight is 281 g/mol. The number of carbonyl (C=O) groups is 1. The number of esters is 1. The maximum Gasteiger partial charge on any atom is 0.337 e. The molecule has 1 aromatic carbocycles. The Hall–Kier alpha value is -1.28. The molecule has 0 saturated heterocycles. The third kappa shape index (κ3) is 4.39. The van der Waals surface area contributed by atoms with Crippen molar-refractivity contribution in [1.82, 2.24) is 0 Å². The van der Waals surface area contributed by atoms with E-state index < -0.39 is 0 Å². The minimum Gasteiger partial charge on any atom is -0.465 e. The van der Waals surface area contributed by atoms with E-state index in [-0.39, 0.29) is 5.97 Å². The standard InChI is InChI=1S/C16H21ClO2/c1-4-7-14(15(17)8-5-2)12-9-6-10-13(11-12)16(18)19-3/h6,9-11H,4-5,7-8H2,1-3H3/b15-14-. The lowest BCUT2D eigenvalue weighted by atomic mass is 9.98. The molecule has 0 heterocycles. The lowest BCUT2D eigenvalue weighted by Crippen LogP contribution is -2.01. The Morgan fingerprint density at radius 3 is 2.37 bits per heavy atom. The van der Waals surface area contributed by atoms with E-state index in [4.69, 9.17) is 16.3 Å². The topological polar surface area (TPSA) is 26.3 Å². The van der Waals surface area contributed by atoms with Gasteiger partial charge < -0.3 is 4.74 Å². The highest BCUT2D eigenvalue weighted by Crippen LogP contribution is 2.29. The normalized spacial score (nSPS) is 12.0. The largest absolute Gasteiger partial charge is 0.465 e. The fourth-order valence-corrected chi connectivity index (χ4v) is 2.40. The summed E-state index contributed by atoms with van der Waals surface area (Å²) in [5.41, 5.74) is 2.72. The lowest BCUT2D eigenvalue weighted by Gasteiger charge is -2.11. The number of ether oxygens (including phenoxy) is 1. The summed E-state index contributed by atoms with van der Waals surface area (Å²) < 4.78 is 4.75. The summed E-state index contributed by atoms with van der Waals surface area (Å²) in [7, 11) is 1.39. The van der Waals surface area contributed by atoms with Gasteiger partial charge in [-0.1, -0.05) is 50.4 Å². The molecular weight excluding hydrogens is 260 g/mol. The molecule has 0 radical (unpaired) electrons. The summed E-state index contributed by atoms with van der Waals surface area (Å²) in [5, 5.41) is 0.895. The number of hydrogen-bond donors (Lipinski definition) is 0. The molecule has 0 N–H and O–H groups in total. The molecule has 0 amide bonds. The van der Waals surface area contributed by atoms with E-state index in [0.29, 0.717) is 5.56 Å². The van der Waals surface area contributed by atoms with Gasteiger partial charge in [-0.3, -0.25) is 0 Å². The summed E-state index contributed by atoms with van der Waals surface area (Å²) in [4.78, 5) is 11.6. The van der Waals surface area contributed by atoms with Gasteiger partial charge in [-0.25, -0.2) is 4.79 Å². The SMILES string of the molecule is CCC/C(Cl)=C(\CCC)c1cccc(C(=O)OC)c1. The molecule has 0 aromatic heterocycles. The van der Waals surface area contributed by atoms with Crippen molar-refractivity contribution in [3.8, 4) is 0 Å². The van der Waals surface area contributed by atoms with Gasteiger partial charge in [0.1, 0.15) is 0 Å². The van der Waals surface area contributed by atoms with Crippen LogP contribution >= 0.6 is 11.6 Å². The van der Waals surface area contributed by atoms with Crippen LogP contribution in [-0.2, 0) is 4.74 Å². The minimum atomic E-state index is -0.315. The van der Waals surface area contributed by atoms with Crippen molar-refractivity contribution in [3.63, 3.8) is 0 Å². The predicted molar refractivity (Wildman–Crippen MR) is 80.4 cm³/mol. The van der Waals surface area contributed by atoms with Crippen LogP contribution in [0.15, 0.2) is 29.3 Å². The van der Waals surface area contributed by atoms with Gasteiger partial charge in [-0.05, 0) is 36.1 Å². The molecule has 0 fully saturated rings. The Labute approximate surface area is 120 Å². The maximum atomic E-state index is 11.6. The van der Waals surface area contributed by atoms with Crippen LogP contribution < -0.4 is 0 Å². The van der Waals surface area contributed by atoms with E-state index >= 15 is 0 Å². The zero-order valence-corrected chi connectivity index (χ0v) is 12.6. The Balaban J connectivity index is 3.16. The summed E-state index contributed by atoms with van der Waals surface area (Å²) in [6.45, 7) is 4.23. The lowest BCUT2D eigenvalue weighted by molar-refractivity contribution is 0.0600. The second-order valence-electron chi connectivity index (χ2n) is 4.46. The van der Waals surface area contributed by atoms with Gasteiger partial charge >= 0.3 is 5.97 Å². The fraction of sp³-hybridized carbons (Fsp3) is 0.438. The van der Waals surface area contributed by atoms with Crippen LogP contribution in [0, 0.1) is 0 Å². The number of halogens is 1. The summed E-state index contributed by atoms with van der Waals surface area (Å²) in [5.74, 6) is -0.315. The molecule has 0 aliphatic rings. The Morgan fingerprint density at radius 1 is 1.16 bits per heavy atom. The fourth-order valence-electron chi connectivity index (χ4n) is 2.01. The van der Waals surface area contributed by atoms with Crippen molar-refractivity contribution >= 4 is 23.1 Å². The van der Waals surface area contributed by atoms with Crippen molar-refractivity contribution in [3.05, 3.63) is 40.4 Å². The molecule has 0 aliphatic heterocycles. The van der Waals surface area contributed by atoms with E-state index in [9.17, 15) is 4.79 Å². The molecule has 0 bridgehead atoms. The first-order valence-electron chi connectivity index (χ1n) is 6.70. The number of hydrogen-bond acceptors (Lipinski definition) is 2. The molecular formula is C16H21ClO2. The molecule has 0 unspecified atom stereocenters. The van der Waals surface area contributed by atoms with E-state index in [0.717, 1.165) is 41.9 Å². The van der Waals surface area contributed by atoms with Crippen molar-refractivity contribution in [2.45, 2.75) is 39.5 Å². The molecule has 0 saturated carbocycles. The van der Waals surface area contributed by atoms with Gasteiger partial charge in [0.05, 0.1) is 12.7 Å². The van der Waals surface area contributed by atoms with Gasteiger partial charge in [0.25, 0.3) is 0 Å². The molecule has 0 aliphatic carbocycles. The molecule has 19 heavy (non-hydrogen) atoms. The first kappa shape index (κ1) is 15.8. The Bertz CT molecular complexity index is 464. The second-order valence-corrected chi connectivity index (χ2v) is 4.91. The highest BCUT2D eigenvalue weighted by atomic mass is 35.5. The zero-order chi connectivity index (χ0) is 14.3. The first-order chi connectivity index (χ1) is 9.13. The number of carbonyl (C=O) groups excluding carboxylic acids is 1.